The number of pyridine rings is 1. The van der Waals surface area contributed by atoms with Gasteiger partial charge < -0.3 is 10.1 Å². The van der Waals surface area contributed by atoms with Crippen molar-refractivity contribution in [3.63, 3.8) is 0 Å². The van der Waals surface area contributed by atoms with Gasteiger partial charge in [-0.15, -0.1) is 0 Å². The van der Waals surface area contributed by atoms with E-state index in [1.165, 1.54) is 11.1 Å². The molecule has 2 N–H and O–H groups in total. The van der Waals surface area contributed by atoms with Crippen molar-refractivity contribution >= 4 is 0 Å². The Bertz CT molecular complexity index is 511. The van der Waals surface area contributed by atoms with E-state index in [0.717, 1.165) is 18.8 Å². The molecule has 0 aliphatic carbocycles. The molecule has 0 saturated heterocycles. The van der Waals surface area contributed by atoms with E-state index in [4.69, 9.17) is 4.74 Å². The normalized spacial score (nSPS) is 10.1. The van der Waals surface area contributed by atoms with Crippen molar-refractivity contribution in [3.8, 4) is 5.75 Å². The number of aromatic nitrogens is 1. The molecular formula is C16H19N2O+. The molecule has 3 nitrogen and oxygen atoms in total. The molecule has 1 heterocycles. The molecule has 0 spiro atoms. The van der Waals surface area contributed by atoms with Gasteiger partial charge in [0, 0.05) is 23.5 Å². The Kier molecular flexibility index (Phi) is 5.14. The first-order valence-electron chi connectivity index (χ1n) is 6.41. The molecule has 19 heavy (non-hydrogen) atoms. The third-order valence-electron chi connectivity index (χ3n) is 2.78. The summed E-state index contributed by atoms with van der Waals surface area (Å²) in [6.07, 6.45) is 5.40. The fourth-order valence-electron chi connectivity index (χ4n) is 1.84. The van der Waals surface area contributed by atoms with Crippen LogP contribution < -0.4 is 10.1 Å². The van der Waals surface area contributed by atoms with Gasteiger partial charge in [0.15, 0.2) is 0 Å². The predicted molar refractivity (Wildman–Crippen MR) is 75.7 cm³/mol. The zero-order chi connectivity index (χ0) is 13.3. The summed E-state index contributed by atoms with van der Waals surface area (Å²) in [5.41, 5.74) is 2.55. The number of quaternary nitrogens is 1. The Balaban J connectivity index is 1.84. The standard InChI is InChI=1S/C16H18N2O/c1-2-10-19-16-5-3-4-15(11-16)13-18-12-14-6-8-17-9-7-14/h2-9,11,18H,1,10,12-13H2/p+1. The average molecular weight is 255 g/mol. The van der Waals surface area contributed by atoms with Crippen LogP contribution in [0, 0.1) is 0 Å². The van der Waals surface area contributed by atoms with E-state index in [-0.39, 0.29) is 0 Å². The molecular weight excluding hydrogens is 236 g/mol. The van der Waals surface area contributed by atoms with Gasteiger partial charge in [-0.1, -0.05) is 24.8 Å². The lowest BCUT2D eigenvalue weighted by atomic mass is 10.2. The van der Waals surface area contributed by atoms with Crippen molar-refractivity contribution in [1.82, 2.24) is 4.98 Å². The number of rotatable bonds is 7. The summed E-state index contributed by atoms with van der Waals surface area (Å²) in [4.78, 5) is 4.01. The number of nitrogens with two attached hydrogens (primary N) is 1. The van der Waals surface area contributed by atoms with Gasteiger partial charge in [0.2, 0.25) is 0 Å². The van der Waals surface area contributed by atoms with Gasteiger partial charge in [-0.2, -0.15) is 0 Å². The molecule has 0 amide bonds. The highest BCUT2D eigenvalue weighted by molar-refractivity contribution is 5.28. The SMILES string of the molecule is C=CCOc1cccc(C[NH2+]Cc2ccncc2)c1. The largest absolute Gasteiger partial charge is 0.490 e. The second-order valence-corrected chi connectivity index (χ2v) is 4.30. The fourth-order valence-corrected chi connectivity index (χ4v) is 1.84. The first-order valence-corrected chi connectivity index (χ1v) is 6.41. The van der Waals surface area contributed by atoms with Gasteiger partial charge in [0.05, 0.1) is 0 Å². The van der Waals surface area contributed by atoms with Crippen LogP contribution in [0.4, 0.5) is 0 Å². The lowest BCUT2D eigenvalue weighted by molar-refractivity contribution is -0.686. The third kappa shape index (κ3) is 4.56. The monoisotopic (exact) mass is 255 g/mol. The van der Waals surface area contributed by atoms with Crippen molar-refractivity contribution in [3.05, 3.63) is 72.6 Å². The highest BCUT2D eigenvalue weighted by atomic mass is 16.5. The van der Waals surface area contributed by atoms with E-state index >= 15 is 0 Å². The lowest BCUT2D eigenvalue weighted by Gasteiger charge is -2.06. The Morgan fingerprint density at radius 2 is 1.89 bits per heavy atom. The van der Waals surface area contributed by atoms with Crippen LogP contribution in [0.5, 0.6) is 5.75 Å². The van der Waals surface area contributed by atoms with Crippen LogP contribution in [-0.2, 0) is 13.1 Å². The van der Waals surface area contributed by atoms with Crippen molar-refractivity contribution < 1.29 is 10.1 Å². The summed E-state index contributed by atoms with van der Waals surface area (Å²) in [7, 11) is 0. The Hall–Kier alpha value is -2.13. The molecule has 0 radical (unpaired) electrons. The molecule has 0 saturated carbocycles. The topological polar surface area (TPSA) is 38.7 Å². The summed E-state index contributed by atoms with van der Waals surface area (Å²) in [6.45, 7) is 6.09. The van der Waals surface area contributed by atoms with E-state index in [9.17, 15) is 0 Å². The van der Waals surface area contributed by atoms with E-state index < -0.39 is 0 Å². The molecule has 0 unspecified atom stereocenters. The van der Waals surface area contributed by atoms with Crippen LogP contribution in [-0.4, -0.2) is 11.6 Å². The zero-order valence-corrected chi connectivity index (χ0v) is 11.0. The first kappa shape index (κ1) is 13.3. The second-order valence-electron chi connectivity index (χ2n) is 4.30. The number of hydrogen-bond acceptors (Lipinski definition) is 2. The zero-order valence-electron chi connectivity index (χ0n) is 11.0. The van der Waals surface area contributed by atoms with E-state index in [0.29, 0.717) is 6.61 Å². The summed E-state index contributed by atoms with van der Waals surface area (Å²) in [5, 5.41) is 2.27. The van der Waals surface area contributed by atoms with Crippen LogP contribution in [0.1, 0.15) is 11.1 Å². The maximum Gasteiger partial charge on any atom is 0.120 e. The molecule has 2 rings (SSSR count). The Labute approximate surface area is 114 Å². The van der Waals surface area contributed by atoms with Gasteiger partial charge in [0.1, 0.15) is 25.4 Å². The molecule has 2 aromatic rings. The minimum atomic E-state index is 0.546. The highest BCUT2D eigenvalue weighted by Crippen LogP contribution is 2.12. The number of hydrogen-bond donors (Lipinski definition) is 1. The molecule has 0 bridgehead atoms. The van der Waals surface area contributed by atoms with Crippen LogP contribution >= 0.6 is 0 Å². The van der Waals surface area contributed by atoms with Crippen molar-refractivity contribution in [2.24, 2.45) is 0 Å². The van der Waals surface area contributed by atoms with Crippen molar-refractivity contribution in [1.29, 1.82) is 0 Å². The van der Waals surface area contributed by atoms with Crippen LogP contribution in [0.2, 0.25) is 0 Å². The van der Waals surface area contributed by atoms with Crippen LogP contribution in [0.3, 0.4) is 0 Å². The summed E-state index contributed by atoms with van der Waals surface area (Å²) in [6, 6.07) is 12.3. The number of benzene rings is 1. The predicted octanol–water partition coefficient (Wildman–Crippen LogP) is 1.91. The molecule has 1 aromatic carbocycles. The Morgan fingerprint density at radius 1 is 1.11 bits per heavy atom. The molecule has 1 aromatic heterocycles. The molecule has 0 aliphatic rings. The average Bonchev–Trinajstić information content (AvgIpc) is 2.47. The highest BCUT2D eigenvalue weighted by Gasteiger charge is 1.99. The fraction of sp³-hybridized carbons (Fsp3) is 0.188. The number of ether oxygens (including phenoxy) is 1. The van der Waals surface area contributed by atoms with Gasteiger partial charge in [-0.3, -0.25) is 4.98 Å². The molecule has 0 fully saturated rings. The van der Waals surface area contributed by atoms with Crippen molar-refractivity contribution in [2.75, 3.05) is 6.61 Å². The minimum Gasteiger partial charge on any atom is -0.490 e. The van der Waals surface area contributed by atoms with E-state index in [1.807, 2.05) is 36.7 Å². The summed E-state index contributed by atoms with van der Waals surface area (Å²) in [5.74, 6) is 0.898. The molecule has 3 heteroatoms. The van der Waals surface area contributed by atoms with Gasteiger partial charge in [0.25, 0.3) is 0 Å². The van der Waals surface area contributed by atoms with Gasteiger partial charge >= 0.3 is 0 Å². The van der Waals surface area contributed by atoms with Crippen LogP contribution in [0.25, 0.3) is 0 Å². The van der Waals surface area contributed by atoms with Crippen LogP contribution in [0.15, 0.2) is 61.4 Å². The van der Waals surface area contributed by atoms with E-state index in [1.54, 1.807) is 6.08 Å². The quantitative estimate of drug-likeness (QED) is 0.768. The van der Waals surface area contributed by atoms with E-state index in [2.05, 4.69) is 29.0 Å². The lowest BCUT2D eigenvalue weighted by Crippen LogP contribution is -2.80. The Morgan fingerprint density at radius 3 is 2.68 bits per heavy atom. The minimum absolute atomic E-state index is 0.546. The third-order valence-corrected chi connectivity index (χ3v) is 2.78. The first-order chi connectivity index (χ1) is 9.38. The maximum absolute atomic E-state index is 5.52. The molecule has 0 atom stereocenters. The molecule has 98 valence electrons. The van der Waals surface area contributed by atoms with Gasteiger partial charge in [-0.05, 0) is 24.3 Å². The van der Waals surface area contributed by atoms with Gasteiger partial charge in [-0.25, -0.2) is 0 Å². The summed E-state index contributed by atoms with van der Waals surface area (Å²) >= 11 is 0. The number of nitrogens with zero attached hydrogens (tertiary/aromatic N) is 1. The molecule has 0 aliphatic heterocycles. The summed E-state index contributed by atoms with van der Waals surface area (Å²) < 4.78 is 5.52. The van der Waals surface area contributed by atoms with Crippen molar-refractivity contribution in [2.45, 2.75) is 13.1 Å². The smallest absolute Gasteiger partial charge is 0.120 e. The second kappa shape index (κ2) is 7.34. The maximum atomic E-state index is 5.52.